The van der Waals surface area contributed by atoms with Crippen molar-refractivity contribution in [2.45, 2.75) is 25.1 Å². The summed E-state index contributed by atoms with van der Waals surface area (Å²) < 4.78 is 24.9. The fourth-order valence-corrected chi connectivity index (χ4v) is 5.24. The highest BCUT2D eigenvalue weighted by atomic mass is 79.9. The third-order valence-electron chi connectivity index (χ3n) is 5.63. The summed E-state index contributed by atoms with van der Waals surface area (Å²) in [7, 11) is 1.26. The number of aliphatic carboxylic acids is 1. The zero-order valence-corrected chi connectivity index (χ0v) is 20.7. The third-order valence-corrected chi connectivity index (χ3v) is 7.10. The molecule has 180 valence electrons. The second-order valence-electron chi connectivity index (χ2n) is 7.72. The first-order valence-electron chi connectivity index (χ1n) is 10.4. The number of hydrogen-bond donors (Lipinski definition) is 2. The Labute approximate surface area is 207 Å². The van der Waals surface area contributed by atoms with Crippen LogP contribution < -0.4 is 5.32 Å². The summed E-state index contributed by atoms with van der Waals surface area (Å²) in [4.78, 5) is 35.8. The molecule has 3 heterocycles. The molecule has 2 aromatic rings. The Bertz CT molecular complexity index is 1160. The van der Waals surface area contributed by atoms with Crippen LogP contribution in [-0.4, -0.2) is 71.7 Å². The highest BCUT2D eigenvalue weighted by molar-refractivity contribution is 9.10. The minimum absolute atomic E-state index is 0.106. The monoisotopic (exact) mass is 552 g/mol. The van der Waals surface area contributed by atoms with Crippen molar-refractivity contribution in [2.24, 2.45) is 4.99 Å². The average molecular weight is 553 g/mol. The number of hydrogen-bond acceptors (Lipinski definition) is 9. The lowest BCUT2D eigenvalue weighted by atomic mass is 9.95. The number of carboxylic acids is 1. The van der Waals surface area contributed by atoms with Gasteiger partial charge in [0, 0.05) is 34.8 Å². The molecule has 2 aliphatic rings. The Morgan fingerprint density at radius 3 is 2.88 bits per heavy atom. The molecule has 0 bridgehead atoms. The van der Waals surface area contributed by atoms with E-state index in [9.17, 15) is 19.1 Å². The Morgan fingerprint density at radius 2 is 2.24 bits per heavy atom. The van der Waals surface area contributed by atoms with Crippen molar-refractivity contribution in [3.8, 4) is 0 Å². The second kappa shape index (κ2) is 10.3. The molecule has 1 aromatic carbocycles. The number of nitrogens with zero attached hydrogens (tertiary/aromatic N) is 3. The molecule has 12 heteroatoms. The molecule has 1 aromatic heterocycles. The zero-order valence-electron chi connectivity index (χ0n) is 18.3. The van der Waals surface area contributed by atoms with Gasteiger partial charge in [-0.25, -0.2) is 14.2 Å². The van der Waals surface area contributed by atoms with Crippen LogP contribution in [0.1, 0.15) is 23.5 Å². The van der Waals surface area contributed by atoms with Crippen LogP contribution in [0.4, 0.5) is 4.39 Å². The van der Waals surface area contributed by atoms with Crippen LogP contribution in [0.5, 0.6) is 0 Å². The van der Waals surface area contributed by atoms with Gasteiger partial charge in [0.25, 0.3) is 0 Å². The van der Waals surface area contributed by atoms with Crippen LogP contribution in [-0.2, 0) is 19.1 Å². The van der Waals surface area contributed by atoms with Crippen molar-refractivity contribution in [2.75, 3.05) is 26.8 Å². The van der Waals surface area contributed by atoms with E-state index < -0.39 is 35.9 Å². The number of carboxylic acid groups (broad SMARTS) is 1. The van der Waals surface area contributed by atoms with E-state index in [4.69, 9.17) is 14.5 Å². The average Bonchev–Trinajstić information content (AvgIpc) is 3.33. The van der Waals surface area contributed by atoms with E-state index in [2.05, 4.69) is 26.2 Å². The maximum atomic E-state index is 13.8. The molecule has 2 aliphatic heterocycles. The first-order valence-corrected chi connectivity index (χ1v) is 12.1. The number of carbonyl (C=O) groups is 2. The Balaban J connectivity index is 1.83. The summed E-state index contributed by atoms with van der Waals surface area (Å²) in [6, 6.07) is 2.41. The van der Waals surface area contributed by atoms with Gasteiger partial charge < -0.3 is 19.9 Å². The van der Waals surface area contributed by atoms with Gasteiger partial charge in [-0.1, -0.05) is 22.0 Å². The molecule has 2 N–H and O–H groups in total. The highest BCUT2D eigenvalue weighted by Crippen LogP contribution is 2.37. The van der Waals surface area contributed by atoms with Crippen molar-refractivity contribution in [1.29, 1.82) is 0 Å². The van der Waals surface area contributed by atoms with Crippen LogP contribution in [0.3, 0.4) is 0 Å². The van der Waals surface area contributed by atoms with Crippen molar-refractivity contribution in [3.63, 3.8) is 0 Å². The highest BCUT2D eigenvalue weighted by Gasteiger charge is 2.39. The molecule has 0 spiro atoms. The standard InChI is InChI=1S/C22H22BrFN4O5S/c1-11-18(21(29)30)28(6-7-33-11)10-15-16(22(31)32-2)17(13-4-3-12(24)9-14(13)23)27-19(26-15)20-25-5-8-34-20/h3-5,8-9,11,17-18H,6-7,10H2,1-2H3,(H,26,27)(H,29,30). The predicted octanol–water partition coefficient (Wildman–Crippen LogP) is 2.74. The quantitative estimate of drug-likeness (QED) is 0.526. The number of ether oxygens (including phenoxy) is 2. The smallest absolute Gasteiger partial charge is 0.338 e. The van der Waals surface area contributed by atoms with Crippen LogP contribution in [0.25, 0.3) is 0 Å². The molecule has 0 saturated carbocycles. The molecule has 1 fully saturated rings. The minimum atomic E-state index is -1.02. The summed E-state index contributed by atoms with van der Waals surface area (Å²) >= 11 is 4.74. The van der Waals surface area contributed by atoms with E-state index in [1.54, 1.807) is 29.5 Å². The number of thiazole rings is 1. The minimum Gasteiger partial charge on any atom is -0.480 e. The fraction of sp³-hybridized carbons (Fsp3) is 0.364. The zero-order chi connectivity index (χ0) is 24.4. The van der Waals surface area contributed by atoms with Crippen LogP contribution in [0.2, 0.25) is 0 Å². The molecule has 3 unspecified atom stereocenters. The summed E-state index contributed by atoms with van der Waals surface area (Å²) in [6.45, 7) is 2.52. The lowest BCUT2D eigenvalue weighted by Crippen LogP contribution is -2.56. The van der Waals surface area contributed by atoms with Gasteiger partial charge in [0.2, 0.25) is 0 Å². The maximum Gasteiger partial charge on any atom is 0.338 e. The van der Waals surface area contributed by atoms with E-state index >= 15 is 0 Å². The summed E-state index contributed by atoms with van der Waals surface area (Å²) in [5.41, 5.74) is 1.20. The second-order valence-corrected chi connectivity index (χ2v) is 9.47. The SMILES string of the molecule is COC(=O)C1=C(CN2CCOC(C)C2C(=O)O)NC(c2nccs2)=NC1c1ccc(F)cc1Br. The van der Waals surface area contributed by atoms with Crippen molar-refractivity contribution < 1.29 is 28.6 Å². The van der Waals surface area contributed by atoms with E-state index in [1.807, 2.05) is 0 Å². The molecule has 4 rings (SSSR count). The number of halogens is 2. The maximum absolute atomic E-state index is 13.8. The molecule has 9 nitrogen and oxygen atoms in total. The Kier molecular flexibility index (Phi) is 7.41. The van der Waals surface area contributed by atoms with Gasteiger partial charge in [0.1, 0.15) is 17.9 Å². The molecular formula is C22H22BrFN4O5S. The number of morpholine rings is 1. The molecule has 0 aliphatic carbocycles. The summed E-state index contributed by atoms with van der Waals surface area (Å²) in [5, 5.41) is 15.4. The first kappa shape index (κ1) is 24.5. The van der Waals surface area contributed by atoms with Crippen LogP contribution in [0, 0.1) is 5.82 Å². The topological polar surface area (TPSA) is 113 Å². The number of methoxy groups -OCH3 is 1. The van der Waals surface area contributed by atoms with E-state index in [-0.39, 0.29) is 12.1 Å². The number of nitrogens with one attached hydrogen (secondary N) is 1. The van der Waals surface area contributed by atoms with Crippen molar-refractivity contribution in [3.05, 3.63) is 61.9 Å². The Morgan fingerprint density at radius 1 is 1.44 bits per heavy atom. The van der Waals surface area contributed by atoms with Gasteiger partial charge in [-0.05, 0) is 24.6 Å². The number of aromatic nitrogens is 1. The van der Waals surface area contributed by atoms with E-state index in [0.717, 1.165) is 0 Å². The molecule has 34 heavy (non-hydrogen) atoms. The molecule has 3 atom stereocenters. The lowest BCUT2D eigenvalue weighted by Gasteiger charge is -2.38. The number of carbonyl (C=O) groups excluding carboxylic acids is 1. The van der Waals surface area contributed by atoms with Crippen LogP contribution in [0.15, 0.2) is 50.5 Å². The van der Waals surface area contributed by atoms with Gasteiger partial charge in [-0.3, -0.25) is 14.7 Å². The summed E-state index contributed by atoms with van der Waals surface area (Å²) in [5.74, 6) is -1.66. The summed E-state index contributed by atoms with van der Waals surface area (Å²) in [6.07, 6.45) is 1.10. The van der Waals surface area contributed by atoms with Gasteiger partial charge in [-0.2, -0.15) is 0 Å². The normalized spacial score (nSPS) is 23.3. The number of aliphatic imine (C=N–C) groups is 1. The molecule has 0 amide bonds. The molecular weight excluding hydrogens is 531 g/mol. The molecule has 0 radical (unpaired) electrons. The van der Waals surface area contributed by atoms with E-state index in [1.165, 1.54) is 30.6 Å². The van der Waals surface area contributed by atoms with E-state index in [0.29, 0.717) is 39.7 Å². The number of esters is 1. The predicted molar refractivity (Wildman–Crippen MR) is 126 cm³/mol. The number of amidine groups is 1. The van der Waals surface area contributed by atoms with Gasteiger partial charge >= 0.3 is 11.9 Å². The van der Waals surface area contributed by atoms with Crippen molar-refractivity contribution in [1.82, 2.24) is 15.2 Å². The van der Waals surface area contributed by atoms with Gasteiger partial charge in [-0.15, -0.1) is 11.3 Å². The molecule has 1 saturated heterocycles. The van der Waals surface area contributed by atoms with Gasteiger partial charge in [0.05, 0.1) is 25.4 Å². The van der Waals surface area contributed by atoms with Crippen molar-refractivity contribution >= 4 is 45.0 Å². The first-order chi connectivity index (χ1) is 16.3. The van der Waals surface area contributed by atoms with Crippen LogP contribution >= 0.6 is 27.3 Å². The van der Waals surface area contributed by atoms with Gasteiger partial charge in [0.15, 0.2) is 10.8 Å². The number of benzene rings is 1. The fourth-order valence-electron chi connectivity index (χ4n) is 4.09. The Hall–Kier alpha value is -2.67. The third kappa shape index (κ3) is 4.90. The number of rotatable bonds is 6. The lowest BCUT2D eigenvalue weighted by molar-refractivity contribution is -0.155. The largest absolute Gasteiger partial charge is 0.480 e.